The Bertz CT molecular complexity index is 725. The van der Waals surface area contributed by atoms with Crippen LogP contribution in [0.25, 0.3) is 0 Å². The molecule has 0 fully saturated rings. The quantitative estimate of drug-likeness (QED) is 0.900. The third kappa shape index (κ3) is 3.10. The average Bonchev–Trinajstić information content (AvgIpc) is 2.84. The lowest BCUT2D eigenvalue weighted by Gasteiger charge is -2.14. The Kier molecular flexibility index (Phi) is 3.78. The molecule has 0 saturated carbocycles. The number of nitrogens with two attached hydrogens (primary N) is 1. The Hall–Kier alpha value is -1.19. The van der Waals surface area contributed by atoms with Gasteiger partial charge in [-0.2, -0.15) is 0 Å². The normalized spacial score (nSPS) is 12.6. The predicted octanol–water partition coefficient (Wildman–Crippen LogP) is 2.59. The summed E-state index contributed by atoms with van der Waals surface area (Å²) in [6, 6.07) is 0. The number of rotatable bonds is 3. The molecule has 2 heterocycles. The SMILES string of the molecule is Cc1nc(N)sc1S(=O)(=O)Nc1nc(C(C)(C)C)cs1. The number of aromatic nitrogens is 2. The van der Waals surface area contributed by atoms with E-state index in [1.807, 2.05) is 26.2 Å². The zero-order valence-electron chi connectivity index (χ0n) is 11.6. The summed E-state index contributed by atoms with van der Waals surface area (Å²) in [6.07, 6.45) is 0. The summed E-state index contributed by atoms with van der Waals surface area (Å²) < 4.78 is 27.1. The fraction of sp³-hybridized carbons (Fsp3) is 0.455. The van der Waals surface area contributed by atoms with Crippen LogP contribution in [0.3, 0.4) is 0 Å². The summed E-state index contributed by atoms with van der Waals surface area (Å²) in [5.74, 6) is 0. The highest BCUT2D eigenvalue weighted by Gasteiger charge is 2.24. The third-order valence-corrected chi connectivity index (χ3v) is 6.33. The van der Waals surface area contributed by atoms with E-state index in [1.54, 1.807) is 6.92 Å². The lowest BCUT2D eigenvalue weighted by molar-refractivity contribution is 0.573. The van der Waals surface area contributed by atoms with Crippen molar-refractivity contribution in [3.8, 4) is 0 Å². The molecule has 2 rings (SSSR count). The van der Waals surface area contributed by atoms with E-state index in [4.69, 9.17) is 5.73 Å². The van der Waals surface area contributed by atoms with Crippen LogP contribution in [0.5, 0.6) is 0 Å². The van der Waals surface area contributed by atoms with Crippen LogP contribution in [-0.4, -0.2) is 18.4 Å². The summed E-state index contributed by atoms with van der Waals surface area (Å²) in [5, 5.41) is 2.44. The van der Waals surface area contributed by atoms with Gasteiger partial charge in [-0.15, -0.1) is 11.3 Å². The van der Waals surface area contributed by atoms with Crippen LogP contribution in [0.2, 0.25) is 0 Å². The second kappa shape index (κ2) is 4.97. The highest BCUT2D eigenvalue weighted by Crippen LogP contribution is 2.30. The molecule has 0 radical (unpaired) electrons. The molecule has 2 aromatic rings. The lowest BCUT2D eigenvalue weighted by Crippen LogP contribution is -2.14. The first kappa shape index (κ1) is 15.2. The Balaban J connectivity index is 2.29. The molecule has 0 spiro atoms. The molecule has 0 unspecified atom stereocenters. The summed E-state index contributed by atoms with van der Waals surface area (Å²) >= 11 is 2.21. The largest absolute Gasteiger partial charge is 0.375 e. The molecule has 2 aromatic heterocycles. The first-order valence-electron chi connectivity index (χ1n) is 5.81. The van der Waals surface area contributed by atoms with Crippen LogP contribution in [0.4, 0.5) is 10.3 Å². The fourth-order valence-electron chi connectivity index (χ4n) is 1.48. The van der Waals surface area contributed by atoms with Crippen molar-refractivity contribution in [1.82, 2.24) is 9.97 Å². The summed E-state index contributed by atoms with van der Waals surface area (Å²) in [6.45, 7) is 7.68. The molecule has 0 bridgehead atoms. The minimum Gasteiger partial charge on any atom is -0.375 e. The second-order valence-corrected chi connectivity index (χ2v) is 9.08. The number of anilines is 2. The number of hydrogen-bond donors (Lipinski definition) is 2. The van der Waals surface area contributed by atoms with Crippen molar-refractivity contribution >= 4 is 43.0 Å². The van der Waals surface area contributed by atoms with Crippen LogP contribution in [0.15, 0.2) is 9.59 Å². The van der Waals surface area contributed by atoms with Gasteiger partial charge in [-0.25, -0.2) is 18.4 Å². The zero-order valence-corrected chi connectivity index (χ0v) is 14.0. The van der Waals surface area contributed by atoms with Crippen molar-refractivity contribution in [1.29, 1.82) is 0 Å². The standard InChI is InChI=1S/C11H16N4O2S3/c1-6-8(19-9(12)13-6)20(16,17)15-10-14-7(5-18-10)11(2,3)4/h5H,1-4H3,(H2,12,13)(H,14,15). The Morgan fingerprint density at radius 2 is 1.95 bits per heavy atom. The van der Waals surface area contributed by atoms with Crippen LogP contribution < -0.4 is 10.5 Å². The number of thiazole rings is 2. The predicted molar refractivity (Wildman–Crippen MR) is 82.9 cm³/mol. The Morgan fingerprint density at radius 1 is 1.30 bits per heavy atom. The van der Waals surface area contributed by atoms with Gasteiger partial charge in [0.1, 0.15) is 0 Å². The summed E-state index contributed by atoms with van der Waals surface area (Å²) in [4.78, 5) is 8.23. The molecule has 9 heteroatoms. The van der Waals surface area contributed by atoms with Crippen molar-refractivity contribution in [2.75, 3.05) is 10.5 Å². The van der Waals surface area contributed by atoms with Crippen LogP contribution in [0, 0.1) is 6.92 Å². The molecule has 20 heavy (non-hydrogen) atoms. The summed E-state index contributed by atoms with van der Waals surface area (Å²) in [7, 11) is -3.68. The second-order valence-electron chi connectivity index (χ2n) is 5.32. The molecule has 6 nitrogen and oxygen atoms in total. The van der Waals surface area contributed by atoms with E-state index in [0.717, 1.165) is 17.0 Å². The number of hydrogen-bond acceptors (Lipinski definition) is 7. The van der Waals surface area contributed by atoms with E-state index in [-0.39, 0.29) is 14.8 Å². The number of sulfonamides is 1. The molecule has 0 aliphatic heterocycles. The minimum atomic E-state index is -3.68. The first-order valence-corrected chi connectivity index (χ1v) is 8.99. The van der Waals surface area contributed by atoms with Gasteiger partial charge in [-0.3, -0.25) is 4.72 Å². The molecule has 3 N–H and O–H groups in total. The monoisotopic (exact) mass is 332 g/mol. The molecule has 0 atom stereocenters. The highest BCUT2D eigenvalue weighted by atomic mass is 32.2. The average molecular weight is 332 g/mol. The maximum absolute atomic E-state index is 12.3. The topological polar surface area (TPSA) is 98.0 Å². The van der Waals surface area contributed by atoms with E-state index >= 15 is 0 Å². The highest BCUT2D eigenvalue weighted by molar-refractivity contribution is 7.95. The van der Waals surface area contributed by atoms with Gasteiger partial charge in [0.25, 0.3) is 10.0 Å². The maximum atomic E-state index is 12.3. The van der Waals surface area contributed by atoms with Gasteiger partial charge < -0.3 is 5.73 Å². The molecule has 0 aliphatic carbocycles. The van der Waals surface area contributed by atoms with Crippen LogP contribution in [-0.2, 0) is 15.4 Å². The maximum Gasteiger partial charge on any atom is 0.275 e. The van der Waals surface area contributed by atoms with Crippen LogP contribution >= 0.6 is 22.7 Å². The van der Waals surface area contributed by atoms with E-state index < -0.39 is 10.0 Å². The summed E-state index contributed by atoms with van der Waals surface area (Å²) in [5.41, 5.74) is 6.66. The molecule has 0 aromatic carbocycles. The van der Waals surface area contributed by atoms with Crippen molar-refractivity contribution in [2.24, 2.45) is 0 Å². The zero-order chi connectivity index (χ0) is 15.1. The number of nitrogen functional groups attached to an aromatic ring is 1. The van der Waals surface area contributed by atoms with Crippen molar-refractivity contribution in [3.63, 3.8) is 0 Å². The first-order chi connectivity index (χ1) is 9.09. The number of nitrogens with zero attached hydrogens (tertiary/aromatic N) is 2. The Labute approximate surface area is 126 Å². The van der Waals surface area contributed by atoms with Gasteiger partial charge in [0.2, 0.25) is 0 Å². The van der Waals surface area contributed by atoms with Gasteiger partial charge in [0, 0.05) is 10.8 Å². The molecule has 0 amide bonds. The molecular formula is C11H16N4O2S3. The smallest absolute Gasteiger partial charge is 0.275 e. The lowest BCUT2D eigenvalue weighted by atomic mass is 9.93. The van der Waals surface area contributed by atoms with E-state index in [0.29, 0.717) is 10.8 Å². The van der Waals surface area contributed by atoms with Crippen molar-refractivity contribution in [2.45, 2.75) is 37.3 Å². The molecule has 0 saturated heterocycles. The number of nitrogens with one attached hydrogen (secondary N) is 1. The van der Waals surface area contributed by atoms with E-state index in [2.05, 4.69) is 14.7 Å². The molecule has 110 valence electrons. The van der Waals surface area contributed by atoms with Gasteiger partial charge in [0.15, 0.2) is 14.5 Å². The van der Waals surface area contributed by atoms with Gasteiger partial charge >= 0.3 is 0 Å². The van der Waals surface area contributed by atoms with Crippen LogP contribution in [0.1, 0.15) is 32.2 Å². The van der Waals surface area contributed by atoms with Gasteiger partial charge in [-0.1, -0.05) is 32.1 Å². The fourth-order valence-corrected chi connectivity index (χ4v) is 4.97. The van der Waals surface area contributed by atoms with Gasteiger partial charge in [-0.05, 0) is 6.92 Å². The van der Waals surface area contributed by atoms with Crippen molar-refractivity contribution in [3.05, 3.63) is 16.8 Å². The minimum absolute atomic E-state index is 0.120. The molecular weight excluding hydrogens is 316 g/mol. The number of aryl methyl sites for hydroxylation is 1. The van der Waals surface area contributed by atoms with Gasteiger partial charge in [0.05, 0.1) is 11.4 Å². The van der Waals surface area contributed by atoms with E-state index in [1.165, 1.54) is 11.3 Å². The Morgan fingerprint density at radius 3 is 2.40 bits per heavy atom. The van der Waals surface area contributed by atoms with E-state index in [9.17, 15) is 8.42 Å². The third-order valence-electron chi connectivity index (χ3n) is 2.51. The van der Waals surface area contributed by atoms with Crippen molar-refractivity contribution < 1.29 is 8.42 Å². The molecule has 0 aliphatic rings.